The van der Waals surface area contributed by atoms with Crippen LogP contribution >= 0.6 is 0 Å². The number of carbonyl (C=O) groups is 2. The van der Waals surface area contributed by atoms with E-state index in [1.165, 1.54) is 5.57 Å². The van der Waals surface area contributed by atoms with E-state index in [2.05, 4.69) is 22.0 Å². The normalized spacial score (nSPS) is 14.7. The lowest BCUT2D eigenvalue weighted by molar-refractivity contribution is -0.122. The van der Waals surface area contributed by atoms with Crippen molar-refractivity contribution in [2.75, 3.05) is 26.2 Å². The molecule has 0 fully saturated rings. The maximum absolute atomic E-state index is 11.6. The van der Waals surface area contributed by atoms with E-state index in [-0.39, 0.29) is 11.8 Å². The molecule has 0 saturated carbocycles. The molecule has 0 unspecified atom stereocenters. The van der Waals surface area contributed by atoms with Crippen LogP contribution in [-0.4, -0.2) is 38.0 Å². The third kappa shape index (κ3) is 7.62. The Kier molecular flexibility index (Phi) is 7.89. The topological polar surface area (TPSA) is 70.2 Å². The van der Waals surface area contributed by atoms with Crippen LogP contribution in [0.3, 0.4) is 0 Å². The zero-order valence-corrected chi connectivity index (χ0v) is 11.8. The van der Waals surface area contributed by atoms with Gasteiger partial charge in [-0.15, -0.1) is 0 Å². The van der Waals surface area contributed by atoms with Crippen molar-refractivity contribution in [1.29, 1.82) is 0 Å². The summed E-state index contributed by atoms with van der Waals surface area (Å²) in [6.45, 7) is 5.25. The Hall–Kier alpha value is -1.36. The number of amides is 2. The quantitative estimate of drug-likeness (QED) is 0.568. The highest BCUT2D eigenvalue weighted by atomic mass is 16.2. The Labute approximate surface area is 115 Å². The largest absolute Gasteiger partial charge is 0.356 e. The summed E-state index contributed by atoms with van der Waals surface area (Å²) in [5, 5.41) is 8.94. The molecule has 0 aromatic rings. The summed E-state index contributed by atoms with van der Waals surface area (Å²) < 4.78 is 0. The summed E-state index contributed by atoms with van der Waals surface area (Å²) in [7, 11) is 0. The van der Waals surface area contributed by atoms with Crippen LogP contribution < -0.4 is 16.0 Å². The van der Waals surface area contributed by atoms with Gasteiger partial charge in [0.1, 0.15) is 0 Å². The van der Waals surface area contributed by atoms with Crippen LogP contribution in [0.1, 0.15) is 39.0 Å². The zero-order chi connectivity index (χ0) is 13.9. The molecule has 0 radical (unpaired) electrons. The van der Waals surface area contributed by atoms with Crippen molar-refractivity contribution >= 4 is 11.8 Å². The van der Waals surface area contributed by atoms with Crippen LogP contribution in [0.2, 0.25) is 0 Å². The third-order valence-corrected chi connectivity index (χ3v) is 3.05. The van der Waals surface area contributed by atoms with Gasteiger partial charge in [0, 0.05) is 32.5 Å². The number of carbonyl (C=O) groups excluding carboxylic acids is 2. The first-order chi connectivity index (χ1) is 9.22. The highest BCUT2D eigenvalue weighted by Crippen LogP contribution is 2.03. The van der Waals surface area contributed by atoms with Gasteiger partial charge in [-0.2, -0.15) is 0 Å². The van der Waals surface area contributed by atoms with Crippen LogP contribution in [0, 0.1) is 0 Å². The molecule has 0 atom stereocenters. The summed E-state index contributed by atoms with van der Waals surface area (Å²) in [6.07, 6.45) is 5.53. The minimum atomic E-state index is 0.0303. The van der Waals surface area contributed by atoms with Gasteiger partial charge in [0.25, 0.3) is 0 Å². The van der Waals surface area contributed by atoms with Gasteiger partial charge in [-0.05, 0) is 25.8 Å². The summed E-state index contributed by atoms with van der Waals surface area (Å²) in [4.78, 5) is 22.9. The van der Waals surface area contributed by atoms with E-state index in [1.807, 2.05) is 6.92 Å². The minimum Gasteiger partial charge on any atom is -0.356 e. The van der Waals surface area contributed by atoms with Crippen molar-refractivity contribution in [2.45, 2.75) is 39.0 Å². The van der Waals surface area contributed by atoms with Crippen molar-refractivity contribution in [1.82, 2.24) is 16.0 Å². The molecule has 3 N–H and O–H groups in total. The van der Waals surface area contributed by atoms with Gasteiger partial charge in [-0.3, -0.25) is 9.59 Å². The fourth-order valence-electron chi connectivity index (χ4n) is 1.89. The van der Waals surface area contributed by atoms with Crippen LogP contribution in [0.15, 0.2) is 11.6 Å². The number of rotatable bonds is 8. The van der Waals surface area contributed by atoms with E-state index in [0.717, 1.165) is 25.9 Å². The summed E-state index contributed by atoms with van der Waals surface area (Å²) in [5.74, 6) is 0.0680. The van der Waals surface area contributed by atoms with Crippen molar-refractivity contribution in [3.63, 3.8) is 0 Å². The highest BCUT2D eigenvalue weighted by molar-refractivity contribution is 5.78. The maximum Gasteiger partial charge on any atom is 0.220 e. The van der Waals surface area contributed by atoms with E-state index in [9.17, 15) is 9.59 Å². The Morgan fingerprint density at radius 2 is 2.00 bits per heavy atom. The Morgan fingerprint density at radius 1 is 1.26 bits per heavy atom. The smallest absolute Gasteiger partial charge is 0.220 e. The third-order valence-electron chi connectivity index (χ3n) is 3.05. The predicted molar refractivity (Wildman–Crippen MR) is 75.7 cm³/mol. The van der Waals surface area contributed by atoms with Gasteiger partial charge < -0.3 is 16.0 Å². The van der Waals surface area contributed by atoms with Crippen LogP contribution in [0.25, 0.3) is 0 Å². The number of nitrogens with one attached hydrogen (secondary N) is 3. The lowest BCUT2D eigenvalue weighted by Crippen LogP contribution is -2.30. The first-order valence-electron chi connectivity index (χ1n) is 7.14. The summed E-state index contributed by atoms with van der Waals surface area (Å²) in [5.41, 5.74) is 1.28. The van der Waals surface area contributed by atoms with Gasteiger partial charge in [-0.25, -0.2) is 0 Å². The second-order valence-electron chi connectivity index (χ2n) is 4.80. The number of hydrogen-bond acceptors (Lipinski definition) is 3. The van der Waals surface area contributed by atoms with E-state index in [1.54, 1.807) is 0 Å². The van der Waals surface area contributed by atoms with E-state index >= 15 is 0 Å². The van der Waals surface area contributed by atoms with E-state index < -0.39 is 0 Å². The number of hydrogen-bond donors (Lipinski definition) is 3. The Balaban J connectivity index is 2.04. The molecule has 0 saturated heterocycles. The summed E-state index contributed by atoms with van der Waals surface area (Å²) in [6, 6.07) is 0. The molecule has 5 heteroatoms. The van der Waals surface area contributed by atoms with Gasteiger partial charge in [0.05, 0.1) is 0 Å². The fourth-order valence-corrected chi connectivity index (χ4v) is 1.89. The van der Waals surface area contributed by atoms with Crippen molar-refractivity contribution in [3.8, 4) is 0 Å². The molecule has 1 aliphatic heterocycles. The molecular formula is C14H25N3O2. The molecule has 0 bridgehead atoms. The summed E-state index contributed by atoms with van der Waals surface area (Å²) >= 11 is 0. The molecule has 0 aliphatic carbocycles. The molecule has 108 valence electrons. The van der Waals surface area contributed by atoms with Crippen molar-refractivity contribution in [2.24, 2.45) is 0 Å². The van der Waals surface area contributed by atoms with Crippen LogP contribution in [0.5, 0.6) is 0 Å². The minimum absolute atomic E-state index is 0.0303. The molecule has 0 aromatic heterocycles. The maximum atomic E-state index is 11.6. The van der Waals surface area contributed by atoms with Crippen LogP contribution in [-0.2, 0) is 9.59 Å². The lowest BCUT2D eigenvalue weighted by atomic mass is 10.1. The first-order valence-corrected chi connectivity index (χ1v) is 7.14. The van der Waals surface area contributed by atoms with Gasteiger partial charge in [0.15, 0.2) is 0 Å². The molecule has 0 aromatic carbocycles. The second-order valence-corrected chi connectivity index (χ2v) is 4.80. The fraction of sp³-hybridized carbons (Fsp3) is 0.714. The molecule has 1 rings (SSSR count). The molecule has 1 heterocycles. The van der Waals surface area contributed by atoms with Crippen molar-refractivity contribution in [3.05, 3.63) is 11.6 Å². The standard InChI is InChI=1S/C14H25N3O2/c1-2-8-16-13(18)4-3-5-14(19)17-11-12-6-9-15-10-7-12/h6,15H,2-5,7-11H2,1H3,(H,16,18)(H,17,19). The second kappa shape index (κ2) is 9.55. The van der Waals surface area contributed by atoms with Gasteiger partial charge in [-0.1, -0.05) is 18.6 Å². The first kappa shape index (κ1) is 15.7. The van der Waals surface area contributed by atoms with E-state index in [0.29, 0.717) is 32.4 Å². The van der Waals surface area contributed by atoms with Crippen molar-refractivity contribution < 1.29 is 9.59 Å². The lowest BCUT2D eigenvalue weighted by Gasteiger charge is -2.14. The highest BCUT2D eigenvalue weighted by Gasteiger charge is 2.07. The zero-order valence-electron chi connectivity index (χ0n) is 11.8. The average Bonchev–Trinajstić information content (AvgIpc) is 2.44. The molecule has 0 spiro atoms. The molecular weight excluding hydrogens is 242 g/mol. The van der Waals surface area contributed by atoms with Gasteiger partial charge >= 0.3 is 0 Å². The monoisotopic (exact) mass is 267 g/mol. The Bertz CT molecular complexity index is 327. The SMILES string of the molecule is CCCNC(=O)CCCC(=O)NCC1=CCNCC1. The van der Waals surface area contributed by atoms with E-state index in [4.69, 9.17) is 0 Å². The Morgan fingerprint density at radius 3 is 2.63 bits per heavy atom. The predicted octanol–water partition coefficient (Wildman–Crippen LogP) is 0.719. The molecule has 19 heavy (non-hydrogen) atoms. The molecule has 5 nitrogen and oxygen atoms in total. The average molecular weight is 267 g/mol. The molecule has 1 aliphatic rings. The van der Waals surface area contributed by atoms with Crippen LogP contribution in [0.4, 0.5) is 0 Å². The molecule has 2 amide bonds. The van der Waals surface area contributed by atoms with Gasteiger partial charge in [0.2, 0.25) is 11.8 Å².